The molecular formula is C15H12N2O3S2. The zero-order chi connectivity index (χ0) is 16.1. The zero-order valence-electron chi connectivity index (χ0n) is 11.5. The van der Waals surface area contributed by atoms with E-state index in [0.717, 1.165) is 0 Å². The summed E-state index contributed by atoms with van der Waals surface area (Å²) in [6.45, 7) is 3.96. The van der Waals surface area contributed by atoms with Crippen molar-refractivity contribution in [2.45, 2.75) is 0 Å². The fourth-order valence-electron chi connectivity index (χ4n) is 1.83. The Balaban J connectivity index is 2.19. The third-order valence-electron chi connectivity index (χ3n) is 2.84. The van der Waals surface area contributed by atoms with Crippen molar-refractivity contribution in [3.05, 3.63) is 69.7 Å². The normalized spacial score (nSPS) is 16.7. The van der Waals surface area contributed by atoms with E-state index < -0.39 is 4.92 Å². The van der Waals surface area contributed by atoms with E-state index in [0.29, 0.717) is 21.3 Å². The number of thioether (sulfide) groups is 1. The Labute approximate surface area is 137 Å². The van der Waals surface area contributed by atoms with Crippen LogP contribution in [0.4, 0.5) is 5.69 Å². The van der Waals surface area contributed by atoms with Crippen LogP contribution in [0.25, 0.3) is 6.08 Å². The smallest absolute Gasteiger partial charge is 0.276 e. The van der Waals surface area contributed by atoms with Crippen molar-refractivity contribution in [2.75, 3.05) is 6.54 Å². The second-order valence-corrected chi connectivity index (χ2v) is 5.95. The molecule has 1 aromatic rings. The molecule has 0 N–H and O–H groups in total. The molecule has 0 saturated carbocycles. The topological polar surface area (TPSA) is 63.5 Å². The number of benzene rings is 1. The van der Waals surface area contributed by atoms with Crippen LogP contribution in [-0.2, 0) is 4.79 Å². The number of hydrogen-bond donors (Lipinski definition) is 0. The maximum atomic E-state index is 12.1. The van der Waals surface area contributed by atoms with E-state index in [2.05, 4.69) is 6.58 Å². The van der Waals surface area contributed by atoms with Gasteiger partial charge in [0.1, 0.15) is 4.32 Å². The van der Waals surface area contributed by atoms with E-state index in [1.54, 1.807) is 42.5 Å². The lowest BCUT2D eigenvalue weighted by Gasteiger charge is -2.10. The SMILES string of the molecule is C=CCN1C(=O)C(=CC=Cc2ccccc2[N+](=O)[O-])SC1=S. The minimum Gasteiger partial charge on any atom is -0.289 e. The first kappa shape index (κ1) is 16.1. The van der Waals surface area contributed by atoms with Crippen LogP contribution in [0.15, 0.2) is 54.0 Å². The van der Waals surface area contributed by atoms with Gasteiger partial charge in [0.15, 0.2) is 0 Å². The van der Waals surface area contributed by atoms with Crippen LogP contribution in [0.3, 0.4) is 0 Å². The van der Waals surface area contributed by atoms with E-state index in [4.69, 9.17) is 12.2 Å². The van der Waals surface area contributed by atoms with Crippen LogP contribution in [0.2, 0.25) is 0 Å². The molecule has 0 spiro atoms. The molecule has 1 fully saturated rings. The highest BCUT2D eigenvalue weighted by Crippen LogP contribution is 2.31. The van der Waals surface area contributed by atoms with E-state index in [9.17, 15) is 14.9 Å². The largest absolute Gasteiger partial charge is 0.289 e. The third-order valence-corrected chi connectivity index (χ3v) is 4.24. The van der Waals surface area contributed by atoms with Gasteiger partial charge in [-0.2, -0.15) is 0 Å². The van der Waals surface area contributed by atoms with Gasteiger partial charge in [0.05, 0.1) is 15.4 Å². The van der Waals surface area contributed by atoms with Crippen molar-refractivity contribution in [1.82, 2.24) is 4.90 Å². The van der Waals surface area contributed by atoms with Crippen molar-refractivity contribution in [1.29, 1.82) is 0 Å². The first-order valence-corrected chi connectivity index (χ1v) is 7.53. The number of carbonyl (C=O) groups is 1. The number of para-hydroxylation sites is 1. The van der Waals surface area contributed by atoms with Crippen LogP contribution in [0.5, 0.6) is 0 Å². The molecule has 0 aromatic heterocycles. The van der Waals surface area contributed by atoms with E-state index in [-0.39, 0.29) is 11.6 Å². The van der Waals surface area contributed by atoms with Crippen molar-refractivity contribution in [3.8, 4) is 0 Å². The number of nitro benzene ring substituents is 1. The predicted molar refractivity (Wildman–Crippen MR) is 92.3 cm³/mol. The quantitative estimate of drug-likeness (QED) is 0.271. The number of hydrogen-bond acceptors (Lipinski definition) is 5. The Morgan fingerprint density at radius 3 is 2.82 bits per heavy atom. The van der Waals surface area contributed by atoms with E-state index in [1.165, 1.54) is 22.7 Å². The molecule has 7 heteroatoms. The Morgan fingerprint density at radius 2 is 2.14 bits per heavy atom. The number of rotatable bonds is 5. The third kappa shape index (κ3) is 3.49. The predicted octanol–water partition coefficient (Wildman–Crippen LogP) is 3.54. The minimum absolute atomic E-state index is 0.0198. The van der Waals surface area contributed by atoms with Crippen molar-refractivity contribution < 1.29 is 9.72 Å². The summed E-state index contributed by atoms with van der Waals surface area (Å²) in [6, 6.07) is 6.40. The molecule has 0 bridgehead atoms. The maximum Gasteiger partial charge on any atom is 0.276 e. The lowest BCUT2D eigenvalue weighted by Crippen LogP contribution is -2.27. The number of thiocarbonyl (C=S) groups is 1. The Hall–Kier alpha value is -2.25. The molecule has 1 aliphatic heterocycles. The molecule has 2 rings (SSSR count). The zero-order valence-corrected chi connectivity index (χ0v) is 13.1. The van der Waals surface area contributed by atoms with Gasteiger partial charge in [-0.05, 0) is 18.2 Å². The second-order valence-electron chi connectivity index (χ2n) is 4.28. The van der Waals surface area contributed by atoms with Crippen LogP contribution < -0.4 is 0 Å². The molecule has 0 atom stereocenters. The summed E-state index contributed by atoms with van der Waals surface area (Å²) in [5.74, 6) is -0.179. The number of carbonyl (C=O) groups excluding carboxylic acids is 1. The second kappa shape index (κ2) is 7.15. The molecule has 1 aromatic carbocycles. The molecule has 112 valence electrons. The lowest BCUT2D eigenvalue weighted by molar-refractivity contribution is -0.385. The number of nitro groups is 1. The summed E-state index contributed by atoms with van der Waals surface area (Å²) in [7, 11) is 0. The number of amides is 1. The minimum atomic E-state index is -0.441. The molecule has 1 saturated heterocycles. The standard InChI is InChI=1S/C15H12N2O3S2/c1-2-10-16-14(18)13(22-15(16)21)9-5-7-11-6-3-4-8-12(11)17(19)20/h2-9H,1,10H2. The fraction of sp³-hybridized carbons (Fsp3) is 0.0667. The summed E-state index contributed by atoms with van der Waals surface area (Å²) < 4.78 is 0.482. The molecular weight excluding hydrogens is 320 g/mol. The Morgan fingerprint density at radius 1 is 1.41 bits per heavy atom. The van der Waals surface area contributed by atoms with Gasteiger partial charge >= 0.3 is 0 Å². The van der Waals surface area contributed by atoms with Gasteiger partial charge in [-0.1, -0.05) is 48.3 Å². The van der Waals surface area contributed by atoms with Crippen LogP contribution >= 0.6 is 24.0 Å². The summed E-state index contributed by atoms with van der Waals surface area (Å²) >= 11 is 6.33. The van der Waals surface area contributed by atoms with Gasteiger partial charge in [0, 0.05) is 12.6 Å². The molecule has 5 nitrogen and oxygen atoms in total. The number of allylic oxidation sites excluding steroid dienone is 2. The Kier molecular flexibility index (Phi) is 5.24. The summed E-state index contributed by atoms with van der Waals surface area (Å²) in [6.07, 6.45) is 6.43. The van der Waals surface area contributed by atoms with Gasteiger partial charge in [-0.25, -0.2) is 0 Å². The highest BCUT2D eigenvalue weighted by molar-refractivity contribution is 8.26. The van der Waals surface area contributed by atoms with Crippen LogP contribution in [-0.4, -0.2) is 26.6 Å². The monoisotopic (exact) mass is 332 g/mol. The molecule has 1 heterocycles. The molecule has 0 unspecified atom stereocenters. The highest BCUT2D eigenvalue weighted by Gasteiger charge is 2.30. The summed E-state index contributed by atoms with van der Waals surface area (Å²) in [5, 5.41) is 10.9. The van der Waals surface area contributed by atoms with Gasteiger partial charge in [0.2, 0.25) is 0 Å². The van der Waals surface area contributed by atoms with Crippen LogP contribution in [0.1, 0.15) is 5.56 Å². The average molecular weight is 332 g/mol. The van der Waals surface area contributed by atoms with Crippen molar-refractivity contribution in [2.24, 2.45) is 0 Å². The lowest BCUT2D eigenvalue weighted by atomic mass is 10.1. The average Bonchev–Trinajstić information content (AvgIpc) is 2.76. The van der Waals surface area contributed by atoms with Gasteiger partial charge in [0.25, 0.3) is 11.6 Å². The maximum absolute atomic E-state index is 12.1. The van der Waals surface area contributed by atoms with Gasteiger partial charge < -0.3 is 0 Å². The number of nitrogens with zero attached hydrogens (tertiary/aromatic N) is 2. The molecule has 22 heavy (non-hydrogen) atoms. The van der Waals surface area contributed by atoms with E-state index in [1.807, 2.05) is 0 Å². The molecule has 0 radical (unpaired) electrons. The van der Waals surface area contributed by atoms with Gasteiger partial charge in [-0.3, -0.25) is 19.8 Å². The molecule has 1 amide bonds. The molecule has 0 aliphatic carbocycles. The summed E-state index contributed by atoms with van der Waals surface area (Å²) in [4.78, 5) is 24.5. The Bertz CT molecular complexity index is 710. The first-order valence-electron chi connectivity index (χ1n) is 6.31. The van der Waals surface area contributed by atoms with E-state index >= 15 is 0 Å². The van der Waals surface area contributed by atoms with Gasteiger partial charge in [-0.15, -0.1) is 6.58 Å². The van der Waals surface area contributed by atoms with Crippen LogP contribution in [0, 0.1) is 10.1 Å². The highest BCUT2D eigenvalue weighted by atomic mass is 32.2. The first-order chi connectivity index (χ1) is 10.5. The fourth-order valence-corrected chi connectivity index (χ4v) is 3.06. The van der Waals surface area contributed by atoms with Crippen molar-refractivity contribution >= 4 is 46.0 Å². The van der Waals surface area contributed by atoms with Crippen molar-refractivity contribution in [3.63, 3.8) is 0 Å². The molecule has 1 aliphatic rings. The summed E-state index contributed by atoms with van der Waals surface area (Å²) in [5.41, 5.74) is 0.497.